The highest BCUT2D eigenvalue weighted by Crippen LogP contribution is 2.14. The molecule has 0 radical (unpaired) electrons. The Balaban J connectivity index is 4.35. The van der Waals surface area contributed by atoms with E-state index in [0.29, 0.717) is 25.7 Å². The molecule has 0 aromatic carbocycles. The lowest BCUT2D eigenvalue weighted by molar-refractivity contribution is -0.167. The van der Waals surface area contributed by atoms with E-state index in [-0.39, 0.29) is 31.1 Å². The van der Waals surface area contributed by atoms with Gasteiger partial charge in [-0.15, -0.1) is 0 Å². The fourth-order valence-electron chi connectivity index (χ4n) is 7.98. The molecule has 0 aliphatic carbocycles. The van der Waals surface area contributed by atoms with Gasteiger partial charge in [0.15, 0.2) is 6.10 Å². The molecule has 6 nitrogen and oxygen atoms in total. The minimum atomic E-state index is -0.807. The van der Waals surface area contributed by atoms with Gasteiger partial charge < -0.3 is 14.2 Å². The number of ether oxygens (including phenoxy) is 3. The lowest BCUT2D eigenvalue weighted by atomic mass is 10.0. The molecule has 0 spiro atoms. The normalized spacial score (nSPS) is 13.1. The molecule has 0 heterocycles. The summed E-state index contributed by atoms with van der Waals surface area (Å²) in [7, 11) is 0. The third-order valence-electron chi connectivity index (χ3n) is 12.6. The maximum absolute atomic E-state index is 12.8. The Hall–Kier alpha value is -4.71. The number of carbonyl (C=O) groups is 3. The summed E-state index contributed by atoms with van der Waals surface area (Å²) in [6.07, 6.45) is 90.0. The first kappa shape index (κ1) is 71.3. The van der Waals surface area contributed by atoms with Gasteiger partial charge in [-0.2, -0.15) is 0 Å². The highest BCUT2D eigenvalue weighted by molar-refractivity contribution is 5.71. The smallest absolute Gasteiger partial charge is 0.306 e. The van der Waals surface area contributed by atoms with Crippen molar-refractivity contribution in [2.24, 2.45) is 0 Å². The molecule has 0 rings (SSSR count). The molecule has 0 saturated heterocycles. The van der Waals surface area contributed by atoms with Crippen LogP contribution in [0, 0.1) is 0 Å². The van der Waals surface area contributed by atoms with Crippen LogP contribution in [0.1, 0.15) is 258 Å². The second kappa shape index (κ2) is 62.8. The van der Waals surface area contributed by atoms with Crippen molar-refractivity contribution in [3.63, 3.8) is 0 Å². The predicted molar refractivity (Wildman–Crippen MR) is 329 cm³/mol. The van der Waals surface area contributed by atoms with E-state index in [1.54, 1.807) is 0 Å². The third kappa shape index (κ3) is 60.2. The summed E-state index contributed by atoms with van der Waals surface area (Å²) in [5.41, 5.74) is 0. The molecule has 76 heavy (non-hydrogen) atoms. The molecule has 1 atom stereocenters. The standard InChI is InChI=1S/C70H112O6/c1-4-7-10-13-16-19-22-25-26-27-28-29-30-31-32-33-34-35-36-37-38-39-40-41-42-43-44-46-48-51-54-57-60-63-69(72)75-66-67(65-74-68(71)62-59-56-53-50-47-24-21-18-15-12-9-6-3)76-70(73)64-61-58-55-52-49-45-23-20-17-14-11-8-5-2/h7,10-11,14,16,19-20,23,25-26,28-29,31-32,34-35,37-38,40-41,43-44,48,51,67H,4-6,8-9,12-13,15,17-18,21-22,24,27,30,33,36,39,42,45-47,49-50,52-66H2,1-3H3/b10-7-,14-11-,19-16-,23-20-,26-25-,29-28-,32-31-,35-34-,38-37-,41-40-,44-43-,51-48-. The number of carbonyl (C=O) groups excluding carboxylic acids is 3. The maximum Gasteiger partial charge on any atom is 0.306 e. The van der Waals surface area contributed by atoms with Gasteiger partial charge in [-0.1, -0.05) is 263 Å². The number of hydrogen-bond acceptors (Lipinski definition) is 6. The van der Waals surface area contributed by atoms with E-state index in [2.05, 4.69) is 167 Å². The van der Waals surface area contributed by atoms with Crippen LogP contribution in [-0.4, -0.2) is 37.2 Å². The summed E-state index contributed by atoms with van der Waals surface area (Å²) in [5.74, 6) is -0.964. The lowest BCUT2D eigenvalue weighted by Crippen LogP contribution is -2.30. The third-order valence-corrected chi connectivity index (χ3v) is 12.6. The van der Waals surface area contributed by atoms with Crippen molar-refractivity contribution in [2.45, 2.75) is 264 Å². The molecular weight excluding hydrogens is 937 g/mol. The van der Waals surface area contributed by atoms with Crippen molar-refractivity contribution in [3.8, 4) is 0 Å². The van der Waals surface area contributed by atoms with Gasteiger partial charge in [0.1, 0.15) is 13.2 Å². The number of allylic oxidation sites excluding steroid dienone is 24. The number of unbranched alkanes of at least 4 members (excludes halogenated alkanes) is 19. The zero-order chi connectivity index (χ0) is 55.0. The van der Waals surface area contributed by atoms with E-state index in [1.807, 2.05) is 0 Å². The van der Waals surface area contributed by atoms with Gasteiger partial charge in [0.05, 0.1) is 0 Å². The Morgan fingerprint density at radius 1 is 0.276 bits per heavy atom. The Bertz CT molecular complexity index is 1680. The SMILES string of the molecule is CC/C=C\C/C=C\C/C=C\C/C=C\C/C=C\C/C=C\C/C=C\C/C=C\C/C=C\C/C=C\CCCCC(=O)OCC(COC(=O)CCCCCCCCCCCCCC)OC(=O)CCCCCCC/C=C\C/C=C\CCC. The Morgan fingerprint density at radius 3 is 0.882 bits per heavy atom. The summed E-state index contributed by atoms with van der Waals surface area (Å²) >= 11 is 0. The fourth-order valence-corrected chi connectivity index (χ4v) is 7.98. The van der Waals surface area contributed by atoms with Crippen molar-refractivity contribution in [2.75, 3.05) is 13.2 Å². The van der Waals surface area contributed by atoms with Gasteiger partial charge in [-0.05, 0) is 122 Å². The zero-order valence-electron chi connectivity index (χ0n) is 49.0. The summed E-state index contributed by atoms with van der Waals surface area (Å²) in [4.78, 5) is 38.1. The maximum atomic E-state index is 12.8. The molecule has 0 aliphatic rings. The van der Waals surface area contributed by atoms with Crippen molar-refractivity contribution >= 4 is 17.9 Å². The van der Waals surface area contributed by atoms with Gasteiger partial charge in [-0.3, -0.25) is 14.4 Å². The number of rotatable bonds is 54. The van der Waals surface area contributed by atoms with Crippen molar-refractivity contribution in [1.82, 2.24) is 0 Å². The Morgan fingerprint density at radius 2 is 0.539 bits per heavy atom. The van der Waals surface area contributed by atoms with Crippen LogP contribution in [-0.2, 0) is 28.6 Å². The lowest BCUT2D eigenvalue weighted by Gasteiger charge is -2.18. The highest BCUT2D eigenvalue weighted by atomic mass is 16.6. The van der Waals surface area contributed by atoms with E-state index in [4.69, 9.17) is 14.2 Å². The van der Waals surface area contributed by atoms with Crippen molar-refractivity contribution < 1.29 is 28.6 Å². The van der Waals surface area contributed by atoms with Crippen molar-refractivity contribution in [3.05, 3.63) is 146 Å². The first-order valence-electron chi connectivity index (χ1n) is 30.8. The summed E-state index contributed by atoms with van der Waals surface area (Å²) in [6.45, 7) is 6.40. The van der Waals surface area contributed by atoms with Gasteiger partial charge in [0.25, 0.3) is 0 Å². The monoisotopic (exact) mass is 1050 g/mol. The molecule has 0 amide bonds. The van der Waals surface area contributed by atoms with E-state index < -0.39 is 6.10 Å². The van der Waals surface area contributed by atoms with E-state index in [9.17, 15) is 14.4 Å². The molecule has 6 heteroatoms. The molecule has 0 fully saturated rings. The van der Waals surface area contributed by atoms with Gasteiger partial charge in [-0.25, -0.2) is 0 Å². The van der Waals surface area contributed by atoms with Crippen LogP contribution in [0.4, 0.5) is 0 Å². The second-order valence-electron chi connectivity index (χ2n) is 19.9. The topological polar surface area (TPSA) is 78.9 Å². The van der Waals surface area contributed by atoms with E-state index in [1.165, 1.54) is 64.2 Å². The number of hydrogen-bond donors (Lipinski definition) is 0. The quantitative estimate of drug-likeness (QED) is 0.0261. The minimum Gasteiger partial charge on any atom is -0.462 e. The first-order valence-corrected chi connectivity index (χ1v) is 30.8. The van der Waals surface area contributed by atoms with Gasteiger partial charge in [0.2, 0.25) is 0 Å². The first-order chi connectivity index (χ1) is 37.5. The van der Waals surface area contributed by atoms with Gasteiger partial charge in [0, 0.05) is 19.3 Å². The average Bonchev–Trinajstić information content (AvgIpc) is 3.42. The molecule has 0 aliphatic heterocycles. The van der Waals surface area contributed by atoms with Crippen LogP contribution in [0.25, 0.3) is 0 Å². The van der Waals surface area contributed by atoms with Crippen molar-refractivity contribution in [1.29, 1.82) is 0 Å². The van der Waals surface area contributed by atoms with Crippen LogP contribution in [0.5, 0.6) is 0 Å². The highest BCUT2D eigenvalue weighted by Gasteiger charge is 2.19. The van der Waals surface area contributed by atoms with Crippen LogP contribution in [0.3, 0.4) is 0 Å². The minimum absolute atomic E-state index is 0.1000. The fraction of sp³-hybridized carbons (Fsp3) is 0.614. The van der Waals surface area contributed by atoms with Crippen LogP contribution < -0.4 is 0 Å². The average molecular weight is 1050 g/mol. The molecule has 1 unspecified atom stereocenters. The molecule has 0 N–H and O–H groups in total. The van der Waals surface area contributed by atoms with Gasteiger partial charge >= 0.3 is 17.9 Å². The predicted octanol–water partition coefficient (Wildman–Crippen LogP) is 21.2. The van der Waals surface area contributed by atoms with E-state index in [0.717, 1.165) is 148 Å². The summed E-state index contributed by atoms with van der Waals surface area (Å²) in [5, 5.41) is 0. The largest absolute Gasteiger partial charge is 0.462 e. The molecular formula is C70H112O6. The molecule has 0 bridgehead atoms. The Labute approximate surface area is 467 Å². The van der Waals surface area contributed by atoms with Crippen LogP contribution >= 0.6 is 0 Å². The zero-order valence-corrected chi connectivity index (χ0v) is 49.0. The van der Waals surface area contributed by atoms with Crippen LogP contribution in [0.2, 0.25) is 0 Å². The molecule has 0 saturated carbocycles. The summed E-state index contributed by atoms with van der Waals surface area (Å²) in [6, 6.07) is 0. The Kier molecular flexibility index (Phi) is 58.9. The van der Waals surface area contributed by atoms with E-state index >= 15 is 0 Å². The molecule has 0 aromatic rings. The molecule has 428 valence electrons. The second-order valence-corrected chi connectivity index (χ2v) is 19.9. The summed E-state index contributed by atoms with van der Waals surface area (Å²) < 4.78 is 16.8. The van der Waals surface area contributed by atoms with Crippen LogP contribution in [0.15, 0.2) is 146 Å². The molecule has 0 aromatic heterocycles. The number of esters is 3.